The van der Waals surface area contributed by atoms with Gasteiger partial charge in [-0.1, -0.05) is 22.0 Å². The van der Waals surface area contributed by atoms with E-state index in [9.17, 15) is 4.39 Å². The number of aromatic nitrogens is 1. The Morgan fingerprint density at radius 3 is 2.90 bits per heavy atom. The van der Waals surface area contributed by atoms with Crippen LogP contribution in [0.3, 0.4) is 0 Å². The second-order valence-corrected chi connectivity index (χ2v) is 5.83. The molecule has 0 atom stereocenters. The van der Waals surface area contributed by atoms with Crippen LogP contribution in [0.2, 0.25) is 0 Å². The summed E-state index contributed by atoms with van der Waals surface area (Å²) in [5.74, 6) is -0.229. The molecule has 4 heteroatoms. The summed E-state index contributed by atoms with van der Waals surface area (Å²) in [6, 6.07) is 8.99. The third-order valence-corrected chi connectivity index (χ3v) is 3.90. The Balaban J connectivity index is 2.01. The van der Waals surface area contributed by atoms with Gasteiger partial charge in [-0.05, 0) is 48.8 Å². The number of benzene rings is 1. The highest BCUT2D eigenvalue weighted by molar-refractivity contribution is 9.10. The third-order valence-electron chi connectivity index (χ3n) is 3.41. The predicted molar refractivity (Wildman–Crippen MR) is 87.0 cm³/mol. The summed E-state index contributed by atoms with van der Waals surface area (Å²) < 4.78 is 14.8. The molecule has 0 aliphatic carbocycles. The largest absolute Gasteiger partial charge is 0.284 e. The molecule has 0 fully saturated rings. The van der Waals surface area contributed by atoms with Crippen molar-refractivity contribution in [1.29, 1.82) is 0 Å². The maximum atomic E-state index is 14.0. The average molecular weight is 345 g/mol. The minimum atomic E-state index is -0.229. The highest BCUT2D eigenvalue weighted by Gasteiger charge is 2.15. The van der Waals surface area contributed by atoms with Crippen LogP contribution in [0.25, 0.3) is 6.08 Å². The molecule has 1 aromatic carbocycles. The van der Waals surface area contributed by atoms with Crippen molar-refractivity contribution >= 4 is 27.7 Å². The Hall–Kier alpha value is -1.81. The van der Waals surface area contributed by atoms with Crippen LogP contribution >= 0.6 is 15.9 Å². The Morgan fingerprint density at radius 2 is 2.14 bits per heavy atom. The molecule has 1 aliphatic rings. The normalized spacial score (nSPS) is 16.9. The first-order valence-electron chi connectivity index (χ1n) is 6.85. The molecule has 1 aliphatic heterocycles. The zero-order valence-electron chi connectivity index (χ0n) is 11.4. The number of nitrogens with zero attached hydrogens (tertiary/aromatic N) is 2. The molecule has 0 saturated carbocycles. The zero-order valence-corrected chi connectivity index (χ0v) is 13.0. The van der Waals surface area contributed by atoms with E-state index >= 15 is 0 Å². The predicted octanol–water partition coefficient (Wildman–Crippen LogP) is 4.65. The van der Waals surface area contributed by atoms with E-state index in [0.717, 1.165) is 40.7 Å². The van der Waals surface area contributed by atoms with E-state index in [-0.39, 0.29) is 5.82 Å². The number of hydrogen-bond acceptors (Lipinski definition) is 2. The van der Waals surface area contributed by atoms with Crippen LogP contribution in [-0.4, -0.2) is 17.2 Å². The molecule has 0 saturated heterocycles. The van der Waals surface area contributed by atoms with Crippen molar-refractivity contribution in [2.75, 3.05) is 6.54 Å². The molecule has 0 bridgehead atoms. The topological polar surface area (TPSA) is 25.2 Å². The van der Waals surface area contributed by atoms with Gasteiger partial charge in [0.2, 0.25) is 0 Å². The number of allylic oxidation sites excluding steroid dienone is 1. The first-order valence-corrected chi connectivity index (χ1v) is 7.64. The highest BCUT2D eigenvalue weighted by Crippen LogP contribution is 2.24. The van der Waals surface area contributed by atoms with Gasteiger partial charge in [0.25, 0.3) is 0 Å². The molecule has 0 spiro atoms. The number of rotatable bonds is 2. The fraction of sp³-hybridized carbons (Fsp3) is 0.176. The smallest absolute Gasteiger partial charge is 0.131 e. The number of aliphatic imine (C=N–C) groups is 1. The summed E-state index contributed by atoms with van der Waals surface area (Å²) >= 11 is 3.28. The van der Waals surface area contributed by atoms with Gasteiger partial charge in [0, 0.05) is 34.5 Å². The molecule has 0 unspecified atom stereocenters. The summed E-state index contributed by atoms with van der Waals surface area (Å²) in [5, 5.41) is 0. The quantitative estimate of drug-likeness (QED) is 0.778. The average Bonchev–Trinajstić information content (AvgIpc) is 2.51. The summed E-state index contributed by atoms with van der Waals surface area (Å²) in [5.41, 5.74) is 3.57. The summed E-state index contributed by atoms with van der Waals surface area (Å²) in [4.78, 5) is 8.74. The molecular weight excluding hydrogens is 331 g/mol. The molecule has 21 heavy (non-hydrogen) atoms. The van der Waals surface area contributed by atoms with Crippen molar-refractivity contribution in [3.8, 4) is 0 Å². The van der Waals surface area contributed by atoms with E-state index in [1.165, 1.54) is 6.07 Å². The van der Waals surface area contributed by atoms with Gasteiger partial charge in [-0.2, -0.15) is 0 Å². The van der Waals surface area contributed by atoms with E-state index in [2.05, 4.69) is 25.9 Å². The van der Waals surface area contributed by atoms with Gasteiger partial charge < -0.3 is 0 Å². The first kappa shape index (κ1) is 14.1. The number of pyridine rings is 1. The first-order chi connectivity index (χ1) is 10.2. The molecule has 3 rings (SSSR count). The van der Waals surface area contributed by atoms with Crippen molar-refractivity contribution in [2.45, 2.75) is 12.8 Å². The lowest BCUT2D eigenvalue weighted by Crippen LogP contribution is -2.12. The van der Waals surface area contributed by atoms with Gasteiger partial charge in [-0.3, -0.25) is 9.98 Å². The fourth-order valence-electron chi connectivity index (χ4n) is 2.41. The van der Waals surface area contributed by atoms with E-state index in [1.54, 1.807) is 18.5 Å². The van der Waals surface area contributed by atoms with Gasteiger partial charge in [-0.25, -0.2) is 4.39 Å². The Morgan fingerprint density at radius 1 is 1.24 bits per heavy atom. The van der Waals surface area contributed by atoms with E-state index in [1.807, 2.05) is 24.3 Å². The van der Waals surface area contributed by atoms with Crippen molar-refractivity contribution in [3.63, 3.8) is 0 Å². The van der Waals surface area contributed by atoms with Crippen LogP contribution in [0.1, 0.15) is 24.0 Å². The standard InChI is InChI=1S/C17H14BrFN2/c18-15-6-5-12(16(19)10-15)9-13-3-2-8-21-17(13)14-4-1-7-20-11-14/h1,4-7,9-11H,2-3,8H2. The molecule has 106 valence electrons. The Bertz CT molecular complexity index is 708. The Kier molecular flexibility index (Phi) is 4.25. The minimum Gasteiger partial charge on any atom is -0.284 e. The van der Waals surface area contributed by atoms with Crippen LogP contribution < -0.4 is 0 Å². The van der Waals surface area contributed by atoms with Gasteiger partial charge in [0.05, 0.1) is 5.71 Å². The monoisotopic (exact) mass is 344 g/mol. The van der Waals surface area contributed by atoms with E-state index in [4.69, 9.17) is 0 Å². The SMILES string of the molecule is Fc1cc(Br)ccc1C=C1CCCN=C1c1cccnc1. The molecule has 0 N–H and O–H groups in total. The molecule has 2 heterocycles. The molecule has 0 radical (unpaired) electrons. The highest BCUT2D eigenvalue weighted by atomic mass is 79.9. The third kappa shape index (κ3) is 3.27. The fourth-order valence-corrected chi connectivity index (χ4v) is 2.74. The molecule has 0 amide bonds. The summed E-state index contributed by atoms with van der Waals surface area (Å²) in [6.07, 6.45) is 7.34. The van der Waals surface area contributed by atoms with Gasteiger partial charge in [-0.15, -0.1) is 0 Å². The van der Waals surface area contributed by atoms with Crippen LogP contribution in [0.5, 0.6) is 0 Å². The van der Waals surface area contributed by atoms with Crippen LogP contribution in [0.15, 0.2) is 57.8 Å². The van der Waals surface area contributed by atoms with Gasteiger partial charge in [0.15, 0.2) is 0 Å². The van der Waals surface area contributed by atoms with Gasteiger partial charge >= 0.3 is 0 Å². The lowest BCUT2D eigenvalue weighted by molar-refractivity contribution is 0.624. The lowest BCUT2D eigenvalue weighted by Gasteiger charge is -2.16. The Labute approximate surface area is 131 Å². The number of hydrogen-bond donors (Lipinski definition) is 0. The van der Waals surface area contributed by atoms with E-state index in [0.29, 0.717) is 5.56 Å². The van der Waals surface area contributed by atoms with Crippen molar-refractivity contribution in [2.24, 2.45) is 4.99 Å². The second-order valence-electron chi connectivity index (χ2n) is 4.91. The zero-order chi connectivity index (χ0) is 14.7. The molecule has 2 aromatic rings. The van der Waals surface area contributed by atoms with Crippen molar-refractivity contribution < 1.29 is 4.39 Å². The minimum absolute atomic E-state index is 0.229. The second kappa shape index (κ2) is 6.31. The molecule has 1 aromatic heterocycles. The van der Waals surface area contributed by atoms with Crippen LogP contribution in [0, 0.1) is 5.82 Å². The van der Waals surface area contributed by atoms with Crippen LogP contribution in [-0.2, 0) is 0 Å². The molecular formula is C17H14BrFN2. The van der Waals surface area contributed by atoms with Crippen molar-refractivity contribution in [1.82, 2.24) is 4.98 Å². The summed E-state index contributed by atoms with van der Waals surface area (Å²) in [7, 11) is 0. The molecule has 2 nitrogen and oxygen atoms in total. The summed E-state index contributed by atoms with van der Waals surface area (Å²) in [6.45, 7) is 0.810. The maximum absolute atomic E-state index is 14.0. The number of halogens is 2. The van der Waals surface area contributed by atoms with Crippen LogP contribution in [0.4, 0.5) is 4.39 Å². The maximum Gasteiger partial charge on any atom is 0.131 e. The van der Waals surface area contributed by atoms with Gasteiger partial charge in [0.1, 0.15) is 5.82 Å². The lowest BCUT2D eigenvalue weighted by atomic mass is 9.95. The van der Waals surface area contributed by atoms with E-state index < -0.39 is 0 Å². The van der Waals surface area contributed by atoms with Crippen molar-refractivity contribution in [3.05, 3.63) is 69.7 Å².